The monoisotopic (exact) mass is 431 g/mol. The van der Waals surface area contributed by atoms with E-state index in [1.165, 1.54) is 37.5 Å². The van der Waals surface area contributed by atoms with Crippen molar-refractivity contribution in [3.63, 3.8) is 0 Å². The number of hydrazine groups is 1. The number of nitro groups is 1. The van der Waals surface area contributed by atoms with Gasteiger partial charge in [-0.25, -0.2) is 0 Å². The molecule has 2 aromatic rings. The topological polar surface area (TPSA) is 115 Å². The minimum absolute atomic E-state index is 0.159. The first-order chi connectivity index (χ1) is 13.9. The number of methoxy groups -OCH3 is 1. The fraction of sp³-hybridized carbons (Fsp3) is 0.0556. The Kier molecular flexibility index (Phi) is 6.10. The van der Waals surface area contributed by atoms with Crippen LogP contribution in [0.2, 0.25) is 0 Å². The average Bonchev–Trinajstić information content (AvgIpc) is 3.28. The Bertz CT molecular complexity index is 1060. The van der Waals surface area contributed by atoms with Gasteiger partial charge in [0.25, 0.3) is 11.8 Å². The third-order valence-corrected chi connectivity index (χ3v) is 4.98. The molecule has 11 heteroatoms. The van der Waals surface area contributed by atoms with Crippen LogP contribution in [-0.2, 0) is 4.79 Å². The van der Waals surface area contributed by atoms with E-state index in [1.54, 1.807) is 24.3 Å². The Morgan fingerprint density at radius 3 is 2.79 bits per heavy atom. The van der Waals surface area contributed by atoms with Crippen LogP contribution in [0.5, 0.6) is 5.75 Å². The van der Waals surface area contributed by atoms with Gasteiger partial charge in [-0.05, 0) is 42.6 Å². The molecule has 1 aromatic heterocycles. The molecule has 9 nitrogen and oxygen atoms in total. The van der Waals surface area contributed by atoms with Crippen molar-refractivity contribution >= 4 is 52.1 Å². The van der Waals surface area contributed by atoms with Crippen LogP contribution in [0.3, 0.4) is 0 Å². The highest BCUT2D eigenvalue weighted by Crippen LogP contribution is 2.30. The van der Waals surface area contributed by atoms with E-state index in [-0.39, 0.29) is 26.4 Å². The van der Waals surface area contributed by atoms with Gasteiger partial charge in [0.1, 0.15) is 16.4 Å². The molecule has 0 saturated carbocycles. The molecular weight excluding hydrogens is 418 g/mol. The quantitative estimate of drug-likeness (QED) is 0.321. The highest BCUT2D eigenvalue weighted by atomic mass is 32.2. The van der Waals surface area contributed by atoms with Crippen LogP contribution in [0.1, 0.15) is 16.1 Å². The van der Waals surface area contributed by atoms with Crippen LogP contribution in [0.25, 0.3) is 6.08 Å². The molecule has 29 heavy (non-hydrogen) atoms. The number of thiocarbonyl (C=S) groups is 1. The van der Waals surface area contributed by atoms with Gasteiger partial charge in [0.2, 0.25) is 0 Å². The molecule has 0 radical (unpaired) electrons. The Morgan fingerprint density at radius 1 is 1.34 bits per heavy atom. The molecule has 1 saturated heterocycles. The smallest absolute Gasteiger partial charge is 0.433 e. The van der Waals surface area contributed by atoms with Crippen molar-refractivity contribution in [2.45, 2.75) is 0 Å². The Balaban J connectivity index is 1.70. The van der Waals surface area contributed by atoms with Crippen LogP contribution in [0.15, 0.2) is 57.9 Å². The van der Waals surface area contributed by atoms with E-state index < -0.39 is 16.7 Å². The first-order valence-corrected chi connectivity index (χ1v) is 9.26. The summed E-state index contributed by atoms with van der Waals surface area (Å²) in [7, 11) is 1.44. The number of furan rings is 1. The van der Waals surface area contributed by atoms with Crippen molar-refractivity contribution in [1.29, 1.82) is 0 Å². The minimum Gasteiger partial charge on any atom is -0.496 e. The summed E-state index contributed by atoms with van der Waals surface area (Å²) < 4.78 is 10.3. The lowest BCUT2D eigenvalue weighted by atomic mass is 10.2. The maximum atomic E-state index is 12.5. The number of amides is 2. The van der Waals surface area contributed by atoms with Gasteiger partial charge >= 0.3 is 5.88 Å². The summed E-state index contributed by atoms with van der Waals surface area (Å²) in [6.45, 7) is 0. The molecule has 2 amide bonds. The standard InChI is InChI=1S/C18H13N3O6S2/c1-26-13-7-3-2-6-12(13)16(22)19-20-17(23)14(29-18(20)28)8-4-5-11-9-10-15(27-11)21(24)25/h2-10H,1H3,(H,19,22)/b5-4+,14-8+. The first-order valence-electron chi connectivity index (χ1n) is 8.03. The normalized spacial score (nSPS) is 15.3. The number of para-hydroxylation sites is 1. The molecule has 1 aliphatic rings. The lowest BCUT2D eigenvalue weighted by Gasteiger charge is -2.16. The van der Waals surface area contributed by atoms with E-state index in [1.807, 2.05) is 0 Å². The number of thioether (sulfide) groups is 1. The first kappa shape index (κ1) is 20.3. The molecule has 1 N–H and O–H groups in total. The Hall–Kier alpha value is -3.44. The maximum Gasteiger partial charge on any atom is 0.433 e. The minimum atomic E-state index is -0.646. The SMILES string of the molecule is COc1ccccc1C(=O)NN1C(=O)/C(=C\C=C\c2ccc([N+](=O)[O-])o2)SC1=S. The Morgan fingerprint density at radius 2 is 2.10 bits per heavy atom. The van der Waals surface area contributed by atoms with Crippen molar-refractivity contribution in [1.82, 2.24) is 10.4 Å². The maximum absolute atomic E-state index is 12.5. The lowest BCUT2D eigenvalue weighted by molar-refractivity contribution is -0.402. The lowest BCUT2D eigenvalue weighted by Crippen LogP contribution is -2.44. The van der Waals surface area contributed by atoms with Gasteiger partial charge in [0.05, 0.1) is 23.6 Å². The van der Waals surface area contributed by atoms with Gasteiger partial charge in [-0.2, -0.15) is 5.01 Å². The van der Waals surface area contributed by atoms with E-state index in [9.17, 15) is 19.7 Å². The van der Waals surface area contributed by atoms with Gasteiger partial charge in [-0.15, -0.1) is 0 Å². The van der Waals surface area contributed by atoms with Crippen LogP contribution < -0.4 is 10.2 Å². The number of nitrogens with zero attached hydrogens (tertiary/aromatic N) is 2. The number of hydrogen-bond donors (Lipinski definition) is 1. The van der Waals surface area contributed by atoms with Crippen molar-refractivity contribution in [3.05, 3.63) is 74.9 Å². The molecule has 148 valence electrons. The molecule has 1 aromatic carbocycles. The fourth-order valence-electron chi connectivity index (χ4n) is 2.33. The van der Waals surface area contributed by atoms with E-state index in [0.717, 1.165) is 16.8 Å². The summed E-state index contributed by atoms with van der Waals surface area (Å²) in [6.07, 6.45) is 4.44. The van der Waals surface area contributed by atoms with Crippen LogP contribution in [-0.4, -0.2) is 33.2 Å². The third-order valence-electron chi connectivity index (χ3n) is 3.66. The molecule has 2 heterocycles. The van der Waals surface area contributed by atoms with Gasteiger partial charge in [0.15, 0.2) is 4.32 Å². The van der Waals surface area contributed by atoms with Crippen LogP contribution >= 0.6 is 24.0 Å². The van der Waals surface area contributed by atoms with Crippen molar-refractivity contribution in [2.75, 3.05) is 7.11 Å². The third kappa shape index (κ3) is 4.52. The fourth-order valence-corrected chi connectivity index (χ4v) is 3.46. The second-order valence-corrected chi connectivity index (χ2v) is 7.15. The average molecular weight is 431 g/mol. The van der Waals surface area contributed by atoms with Crippen molar-refractivity contribution in [2.24, 2.45) is 0 Å². The number of allylic oxidation sites excluding steroid dienone is 2. The molecule has 0 bridgehead atoms. The Labute approximate surface area is 174 Å². The molecule has 0 aliphatic carbocycles. The highest BCUT2D eigenvalue weighted by Gasteiger charge is 2.33. The highest BCUT2D eigenvalue weighted by molar-refractivity contribution is 8.26. The summed E-state index contributed by atoms with van der Waals surface area (Å²) in [5.41, 5.74) is 2.72. The second kappa shape index (κ2) is 8.71. The number of rotatable bonds is 6. The zero-order chi connectivity index (χ0) is 21.0. The zero-order valence-corrected chi connectivity index (χ0v) is 16.5. The van der Waals surface area contributed by atoms with Gasteiger partial charge in [-0.3, -0.25) is 25.1 Å². The van der Waals surface area contributed by atoms with Gasteiger partial charge in [0, 0.05) is 0 Å². The molecule has 0 spiro atoms. The van der Waals surface area contributed by atoms with E-state index in [2.05, 4.69) is 5.43 Å². The van der Waals surface area contributed by atoms with Gasteiger partial charge in [-0.1, -0.05) is 30.0 Å². The summed E-state index contributed by atoms with van der Waals surface area (Å²) in [6, 6.07) is 9.24. The van der Waals surface area contributed by atoms with Crippen molar-refractivity contribution in [3.8, 4) is 5.75 Å². The molecule has 1 fully saturated rings. The predicted molar refractivity (Wildman–Crippen MR) is 110 cm³/mol. The zero-order valence-electron chi connectivity index (χ0n) is 14.9. The number of nitrogens with one attached hydrogen (secondary N) is 1. The van der Waals surface area contributed by atoms with E-state index in [4.69, 9.17) is 21.4 Å². The number of benzene rings is 1. The molecule has 0 unspecified atom stereocenters. The summed E-state index contributed by atoms with van der Waals surface area (Å²) >= 11 is 6.17. The van der Waals surface area contributed by atoms with E-state index in [0.29, 0.717) is 5.75 Å². The van der Waals surface area contributed by atoms with Crippen molar-refractivity contribution < 1.29 is 23.7 Å². The van der Waals surface area contributed by atoms with Gasteiger partial charge < -0.3 is 9.15 Å². The number of hydrogen-bond acceptors (Lipinski definition) is 8. The van der Waals surface area contributed by atoms with Crippen LogP contribution in [0.4, 0.5) is 5.88 Å². The number of carbonyl (C=O) groups excluding carboxylic acids is 2. The van der Waals surface area contributed by atoms with E-state index >= 15 is 0 Å². The van der Waals surface area contributed by atoms with Crippen LogP contribution in [0, 0.1) is 10.1 Å². The molecular formula is C18H13N3O6S2. The predicted octanol–water partition coefficient (Wildman–Crippen LogP) is 3.30. The largest absolute Gasteiger partial charge is 0.496 e. The molecule has 3 rings (SSSR count). The molecule has 1 aliphatic heterocycles. The summed E-state index contributed by atoms with van der Waals surface area (Å²) in [5, 5.41) is 11.6. The summed E-state index contributed by atoms with van der Waals surface area (Å²) in [4.78, 5) is 35.2. The number of carbonyl (C=O) groups is 2. The summed E-state index contributed by atoms with van der Waals surface area (Å²) in [5.74, 6) is -0.804. The molecule has 0 atom stereocenters. The number of ether oxygens (including phenoxy) is 1. The second-order valence-electron chi connectivity index (χ2n) is 5.47.